The van der Waals surface area contributed by atoms with Crippen molar-refractivity contribution >= 4 is 16.2 Å². The number of aromatic carboxylic acids is 1. The Morgan fingerprint density at radius 2 is 1.79 bits per heavy atom. The Balaban J connectivity index is 1.59. The highest BCUT2D eigenvalue weighted by Crippen LogP contribution is 2.25. The molecule has 0 radical (unpaired) electrons. The van der Waals surface area contributed by atoms with Crippen molar-refractivity contribution in [2.45, 2.75) is 12.8 Å². The lowest BCUT2D eigenvalue weighted by Gasteiger charge is -2.30. The number of carboxylic acids is 1. The smallest absolute Gasteiger partial charge is 0.335 e. The van der Waals surface area contributed by atoms with Crippen molar-refractivity contribution < 1.29 is 23.1 Å². The summed E-state index contributed by atoms with van der Waals surface area (Å²) in [7, 11) is -3.40. The molecule has 8 heteroatoms. The summed E-state index contributed by atoms with van der Waals surface area (Å²) in [6.45, 7) is 2.79. The minimum atomic E-state index is -3.40. The maximum atomic E-state index is 12.6. The second kappa shape index (κ2) is 7.18. The van der Waals surface area contributed by atoms with Gasteiger partial charge in [-0.15, -0.1) is 0 Å². The molecule has 1 N–H and O–H groups in total. The summed E-state index contributed by atoms with van der Waals surface area (Å²) in [5, 5.41) is 8.92. The number of benzene rings is 1. The van der Waals surface area contributed by atoms with E-state index in [-0.39, 0.29) is 11.5 Å². The SMILES string of the molecule is O=C(O)c1ccc(C[C@@H]2CCN(S(=O)(=O)N3CCOCC3)C2)cc1. The molecule has 1 atom stereocenters. The Hall–Kier alpha value is -1.48. The van der Waals surface area contributed by atoms with Crippen LogP contribution in [0.2, 0.25) is 0 Å². The zero-order valence-corrected chi connectivity index (χ0v) is 14.2. The van der Waals surface area contributed by atoms with Crippen LogP contribution in [-0.2, 0) is 21.4 Å². The lowest BCUT2D eigenvalue weighted by Crippen LogP contribution is -2.47. The van der Waals surface area contributed by atoms with Gasteiger partial charge >= 0.3 is 5.97 Å². The number of carbonyl (C=O) groups is 1. The van der Waals surface area contributed by atoms with Gasteiger partial charge in [-0.25, -0.2) is 4.79 Å². The van der Waals surface area contributed by atoms with Crippen molar-refractivity contribution in [3.05, 3.63) is 35.4 Å². The van der Waals surface area contributed by atoms with Gasteiger partial charge in [0.25, 0.3) is 10.2 Å². The molecule has 0 unspecified atom stereocenters. The van der Waals surface area contributed by atoms with E-state index in [9.17, 15) is 13.2 Å². The van der Waals surface area contributed by atoms with Crippen LogP contribution in [0.3, 0.4) is 0 Å². The quantitative estimate of drug-likeness (QED) is 0.846. The van der Waals surface area contributed by atoms with Crippen LogP contribution in [0.15, 0.2) is 24.3 Å². The van der Waals surface area contributed by atoms with Crippen molar-refractivity contribution in [1.29, 1.82) is 0 Å². The number of rotatable bonds is 5. The molecular weight excluding hydrogens is 332 g/mol. The summed E-state index contributed by atoms with van der Waals surface area (Å²) in [6.07, 6.45) is 1.58. The zero-order valence-electron chi connectivity index (χ0n) is 13.4. The highest BCUT2D eigenvalue weighted by atomic mass is 32.2. The van der Waals surface area contributed by atoms with E-state index in [0.29, 0.717) is 39.4 Å². The Kier molecular flexibility index (Phi) is 5.19. The molecule has 0 aliphatic carbocycles. The monoisotopic (exact) mass is 354 g/mol. The fraction of sp³-hybridized carbons (Fsp3) is 0.562. The average Bonchev–Trinajstić information content (AvgIpc) is 3.05. The third-order valence-corrected chi connectivity index (χ3v) is 6.60. The second-order valence-corrected chi connectivity index (χ2v) is 8.17. The molecule has 0 aromatic heterocycles. The highest BCUT2D eigenvalue weighted by molar-refractivity contribution is 7.86. The van der Waals surface area contributed by atoms with E-state index in [1.54, 1.807) is 16.4 Å². The molecule has 1 aromatic carbocycles. The van der Waals surface area contributed by atoms with Crippen molar-refractivity contribution in [2.75, 3.05) is 39.4 Å². The first-order chi connectivity index (χ1) is 11.5. The number of nitrogens with zero attached hydrogens (tertiary/aromatic N) is 2. The van der Waals surface area contributed by atoms with Crippen LogP contribution in [0.1, 0.15) is 22.3 Å². The largest absolute Gasteiger partial charge is 0.478 e. The number of hydrogen-bond acceptors (Lipinski definition) is 4. The molecule has 2 fully saturated rings. The van der Waals surface area contributed by atoms with Crippen LogP contribution in [0.5, 0.6) is 0 Å². The maximum absolute atomic E-state index is 12.6. The first-order valence-electron chi connectivity index (χ1n) is 8.12. The van der Waals surface area contributed by atoms with Crippen LogP contribution in [-0.4, -0.2) is 67.5 Å². The van der Waals surface area contributed by atoms with Crippen LogP contribution >= 0.6 is 0 Å². The first-order valence-corrected chi connectivity index (χ1v) is 9.52. The molecule has 2 saturated heterocycles. The Bertz CT molecular complexity index is 683. The number of carboxylic acid groups (broad SMARTS) is 1. The Morgan fingerprint density at radius 1 is 1.12 bits per heavy atom. The van der Waals surface area contributed by atoms with Crippen LogP contribution in [0.4, 0.5) is 0 Å². The Labute approximate surface area is 142 Å². The van der Waals surface area contributed by atoms with Crippen molar-refractivity contribution in [3.8, 4) is 0 Å². The Morgan fingerprint density at radius 3 is 2.42 bits per heavy atom. The van der Waals surface area contributed by atoms with Gasteiger partial charge in [0.2, 0.25) is 0 Å². The van der Waals surface area contributed by atoms with Gasteiger partial charge in [-0.05, 0) is 36.5 Å². The topological polar surface area (TPSA) is 87.2 Å². The summed E-state index contributed by atoms with van der Waals surface area (Å²) in [4.78, 5) is 10.9. The van der Waals surface area contributed by atoms with E-state index < -0.39 is 16.2 Å². The summed E-state index contributed by atoms with van der Waals surface area (Å²) in [6, 6.07) is 6.80. The predicted octanol–water partition coefficient (Wildman–Crippen LogP) is 0.826. The van der Waals surface area contributed by atoms with E-state index in [1.165, 1.54) is 4.31 Å². The predicted molar refractivity (Wildman–Crippen MR) is 88.1 cm³/mol. The summed E-state index contributed by atoms with van der Waals surface area (Å²) in [5.41, 5.74) is 1.30. The van der Waals surface area contributed by atoms with Crippen molar-refractivity contribution in [1.82, 2.24) is 8.61 Å². The molecule has 24 heavy (non-hydrogen) atoms. The standard InChI is InChI=1S/C16H22N2O5S/c19-16(20)15-3-1-13(2-4-15)11-14-5-6-18(12-14)24(21,22)17-7-9-23-10-8-17/h1-4,14H,5-12H2,(H,19,20)/t14-/m0/s1. The van der Waals surface area contributed by atoms with Gasteiger partial charge in [-0.1, -0.05) is 12.1 Å². The van der Waals surface area contributed by atoms with Gasteiger partial charge in [0, 0.05) is 26.2 Å². The molecule has 3 rings (SSSR count). The molecule has 0 saturated carbocycles. The minimum absolute atomic E-state index is 0.261. The van der Waals surface area contributed by atoms with E-state index in [2.05, 4.69) is 0 Å². The molecule has 1 aromatic rings. The molecule has 132 valence electrons. The minimum Gasteiger partial charge on any atom is -0.478 e. The maximum Gasteiger partial charge on any atom is 0.335 e. The average molecular weight is 354 g/mol. The fourth-order valence-electron chi connectivity index (χ4n) is 3.23. The molecule has 0 bridgehead atoms. The van der Waals surface area contributed by atoms with Crippen molar-refractivity contribution in [2.24, 2.45) is 5.92 Å². The molecule has 7 nitrogen and oxygen atoms in total. The second-order valence-electron chi connectivity index (χ2n) is 6.24. The molecule has 0 amide bonds. The van der Waals surface area contributed by atoms with Crippen molar-refractivity contribution in [3.63, 3.8) is 0 Å². The molecule has 2 aliphatic rings. The first kappa shape index (κ1) is 17.3. The van der Waals surface area contributed by atoms with Gasteiger partial charge in [0.1, 0.15) is 0 Å². The van der Waals surface area contributed by atoms with Crippen LogP contribution in [0, 0.1) is 5.92 Å². The molecule has 0 spiro atoms. The number of hydrogen-bond donors (Lipinski definition) is 1. The zero-order chi connectivity index (χ0) is 17.2. The number of ether oxygens (including phenoxy) is 1. The van der Waals surface area contributed by atoms with E-state index in [0.717, 1.165) is 18.4 Å². The summed E-state index contributed by atoms with van der Waals surface area (Å²) in [5.74, 6) is -0.679. The van der Waals surface area contributed by atoms with Gasteiger partial charge < -0.3 is 9.84 Å². The van der Waals surface area contributed by atoms with Gasteiger partial charge in [-0.3, -0.25) is 0 Å². The normalized spacial score (nSPS) is 23.4. The third kappa shape index (κ3) is 3.77. The molecular formula is C16H22N2O5S. The lowest BCUT2D eigenvalue weighted by molar-refractivity contribution is 0.0697. The van der Waals surface area contributed by atoms with Crippen LogP contribution < -0.4 is 0 Å². The van der Waals surface area contributed by atoms with E-state index in [1.807, 2.05) is 12.1 Å². The highest BCUT2D eigenvalue weighted by Gasteiger charge is 2.36. The lowest BCUT2D eigenvalue weighted by atomic mass is 9.98. The van der Waals surface area contributed by atoms with Gasteiger partial charge in [0.05, 0.1) is 18.8 Å². The van der Waals surface area contributed by atoms with Gasteiger partial charge in [0.15, 0.2) is 0 Å². The fourth-order valence-corrected chi connectivity index (χ4v) is 4.90. The molecule has 2 aliphatic heterocycles. The van der Waals surface area contributed by atoms with Crippen LogP contribution in [0.25, 0.3) is 0 Å². The van der Waals surface area contributed by atoms with Gasteiger partial charge in [-0.2, -0.15) is 17.0 Å². The molecule has 2 heterocycles. The van der Waals surface area contributed by atoms with E-state index in [4.69, 9.17) is 9.84 Å². The van der Waals surface area contributed by atoms with E-state index >= 15 is 0 Å². The summed E-state index contributed by atoms with van der Waals surface area (Å²) < 4.78 is 33.6. The number of morpholine rings is 1. The summed E-state index contributed by atoms with van der Waals surface area (Å²) >= 11 is 0. The third-order valence-electron chi connectivity index (χ3n) is 4.60.